The van der Waals surface area contributed by atoms with E-state index in [1.165, 1.54) is 12.1 Å². The number of nitrogens with one attached hydrogen (secondary N) is 2. The third-order valence-corrected chi connectivity index (χ3v) is 2.54. The number of aromatic hydroxyl groups is 3. The number of hydrogen-bond acceptors (Lipinski definition) is 7. The lowest BCUT2D eigenvalue weighted by molar-refractivity contribution is -0.124. The second-order valence-corrected chi connectivity index (χ2v) is 4.05. The minimum atomic E-state index is -0.802. The number of phenolic OH excluding ortho intramolecular Hbond substituents is 3. The first-order valence-corrected chi connectivity index (χ1v) is 6.06. The van der Waals surface area contributed by atoms with Crippen molar-refractivity contribution in [2.24, 2.45) is 5.73 Å². The van der Waals surface area contributed by atoms with Crippen molar-refractivity contribution in [1.29, 1.82) is 0 Å². The molecule has 1 atom stereocenters. The molecule has 0 aromatic heterocycles. The molecule has 0 saturated carbocycles. The van der Waals surface area contributed by atoms with Crippen LogP contribution < -0.4 is 16.6 Å². The lowest BCUT2D eigenvalue weighted by atomic mass is 10.2. The third kappa shape index (κ3) is 5.64. The summed E-state index contributed by atoms with van der Waals surface area (Å²) in [5, 5.41) is 28.1. The van der Waals surface area contributed by atoms with Gasteiger partial charge in [-0.2, -0.15) is 0 Å². The van der Waals surface area contributed by atoms with Gasteiger partial charge in [-0.3, -0.25) is 10.2 Å². The first-order valence-electron chi connectivity index (χ1n) is 6.06. The average molecular weight is 322 g/mol. The van der Waals surface area contributed by atoms with Crippen molar-refractivity contribution in [3.63, 3.8) is 0 Å². The van der Waals surface area contributed by atoms with Gasteiger partial charge >= 0.3 is 0 Å². The molecule has 0 radical (unpaired) electrons. The highest BCUT2D eigenvalue weighted by Crippen LogP contribution is 2.36. The number of rotatable bonds is 7. The van der Waals surface area contributed by atoms with Gasteiger partial charge in [0.1, 0.15) is 6.04 Å². The molecule has 120 valence electrons. The van der Waals surface area contributed by atoms with Crippen molar-refractivity contribution in [3.05, 3.63) is 17.7 Å². The zero-order chi connectivity index (χ0) is 15.1. The molecule has 9 heteroatoms. The fourth-order valence-electron chi connectivity index (χ4n) is 1.39. The van der Waals surface area contributed by atoms with E-state index >= 15 is 0 Å². The first kappa shape index (κ1) is 19.3. The molecule has 0 aliphatic carbocycles. The van der Waals surface area contributed by atoms with Crippen LogP contribution in [0.2, 0.25) is 0 Å². The van der Waals surface area contributed by atoms with E-state index < -0.39 is 29.2 Å². The molecule has 1 rings (SSSR count). The maximum Gasteiger partial charge on any atom is 0.253 e. The molecule has 0 heterocycles. The molecule has 7 N–H and O–H groups in total. The van der Waals surface area contributed by atoms with Crippen LogP contribution >= 0.6 is 12.4 Å². The number of carbonyl (C=O) groups excluding carboxylic acids is 1. The Kier molecular flexibility index (Phi) is 8.48. The highest BCUT2D eigenvalue weighted by molar-refractivity contribution is 5.85. The smallest absolute Gasteiger partial charge is 0.253 e. The molecule has 1 aromatic rings. The summed E-state index contributed by atoms with van der Waals surface area (Å²) in [7, 11) is 0. The van der Waals surface area contributed by atoms with Gasteiger partial charge in [0.25, 0.3) is 5.91 Å². The highest BCUT2D eigenvalue weighted by Gasteiger charge is 2.14. The summed E-state index contributed by atoms with van der Waals surface area (Å²) in [6.07, 6.45) is 0. The van der Waals surface area contributed by atoms with Crippen LogP contribution in [-0.2, 0) is 16.1 Å². The Morgan fingerprint density at radius 1 is 1.33 bits per heavy atom. The summed E-state index contributed by atoms with van der Waals surface area (Å²) in [5.74, 6) is -1.94. The van der Waals surface area contributed by atoms with Gasteiger partial charge in [0.05, 0.1) is 6.61 Å². The molecule has 1 unspecified atom stereocenters. The maximum atomic E-state index is 11.5. The van der Waals surface area contributed by atoms with Crippen LogP contribution in [0.15, 0.2) is 12.1 Å². The maximum absolute atomic E-state index is 11.5. The second kappa shape index (κ2) is 9.24. The summed E-state index contributed by atoms with van der Waals surface area (Å²) in [6, 6.07) is 1.84. The largest absolute Gasteiger partial charge is 0.504 e. The lowest BCUT2D eigenvalue weighted by Crippen LogP contribution is -2.48. The fraction of sp³-hybridized carbons (Fsp3) is 0.417. The predicted molar refractivity (Wildman–Crippen MR) is 78.1 cm³/mol. The molecule has 8 nitrogen and oxygen atoms in total. The SMILES string of the molecule is CCOCC(N)C(=O)NNCc1ccc(O)c(O)c1O.Cl. The topological polar surface area (TPSA) is 137 Å². The Morgan fingerprint density at radius 3 is 2.62 bits per heavy atom. The summed E-state index contributed by atoms with van der Waals surface area (Å²) in [4.78, 5) is 11.5. The monoisotopic (exact) mass is 321 g/mol. The van der Waals surface area contributed by atoms with E-state index in [9.17, 15) is 15.0 Å². The standard InChI is InChI=1S/C12H19N3O5.ClH/c1-2-20-6-8(13)12(19)15-14-5-7-3-4-9(16)11(18)10(7)17;/h3-4,8,14,16-18H,2,5-6,13H2,1H3,(H,15,19);1H. The summed E-state index contributed by atoms with van der Waals surface area (Å²) >= 11 is 0. The van der Waals surface area contributed by atoms with Crippen LogP contribution in [0, 0.1) is 0 Å². The molecule has 0 bridgehead atoms. The van der Waals surface area contributed by atoms with Gasteiger partial charge in [-0.25, -0.2) is 5.43 Å². The first-order chi connectivity index (χ1) is 9.47. The van der Waals surface area contributed by atoms with E-state index in [1.807, 2.05) is 0 Å². The van der Waals surface area contributed by atoms with E-state index in [0.29, 0.717) is 12.2 Å². The Bertz CT molecular complexity index is 472. The number of carbonyl (C=O) groups is 1. The number of nitrogens with two attached hydrogens (primary N) is 1. The van der Waals surface area contributed by atoms with Gasteiger partial charge in [0, 0.05) is 18.7 Å². The molecule has 21 heavy (non-hydrogen) atoms. The van der Waals surface area contributed by atoms with E-state index in [0.717, 1.165) is 0 Å². The number of hydrogen-bond donors (Lipinski definition) is 6. The summed E-state index contributed by atoms with van der Waals surface area (Å²) in [6.45, 7) is 2.42. The van der Waals surface area contributed by atoms with E-state index in [2.05, 4.69) is 10.9 Å². The van der Waals surface area contributed by atoms with Gasteiger partial charge in [0.2, 0.25) is 5.75 Å². The van der Waals surface area contributed by atoms with Crippen molar-refractivity contribution in [2.75, 3.05) is 13.2 Å². The third-order valence-electron chi connectivity index (χ3n) is 2.54. The van der Waals surface area contributed by atoms with E-state index in [-0.39, 0.29) is 25.6 Å². The summed E-state index contributed by atoms with van der Waals surface area (Å²) in [5.41, 5.74) is 10.8. The number of ether oxygens (including phenoxy) is 1. The van der Waals surface area contributed by atoms with Crippen LogP contribution in [-0.4, -0.2) is 40.5 Å². The second-order valence-electron chi connectivity index (χ2n) is 4.05. The van der Waals surface area contributed by atoms with Crippen molar-refractivity contribution in [1.82, 2.24) is 10.9 Å². The molecule has 0 aliphatic heterocycles. The van der Waals surface area contributed by atoms with Crippen molar-refractivity contribution in [2.45, 2.75) is 19.5 Å². The van der Waals surface area contributed by atoms with Crippen LogP contribution in [0.5, 0.6) is 17.2 Å². The van der Waals surface area contributed by atoms with Crippen LogP contribution in [0.25, 0.3) is 0 Å². The normalized spacial score (nSPS) is 11.5. The Balaban J connectivity index is 0.00000400. The van der Waals surface area contributed by atoms with E-state index in [1.54, 1.807) is 6.92 Å². The molecule has 1 amide bonds. The Hall–Kier alpha value is -1.74. The van der Waals surface area contributed by atoms with Gasteiger partial charge in [-0.1, -0.05) is 6.07 Å². The molecule has 0 fully saturated rings. The Labute approximate surface area is 128 Å². The number of hydrazine groups is 1. The summed E-state index contributed by atoms with van der Waals surface area (Å²) < 4.78 is 5.01. The predicted octanol–water partition coefficient (Wildman–Crippen LogP) is -0.290. The average Bonchev–Trinajstić information content (AvgIpc) is 2.44. The quantitative estimate of drug-likeness (QED) is 0.300. The van der Waals surface area contributed by atoms with E-state index in [4.69, 9.17) is 15.6 Å². The highest BCUT2D eigenvalue weighted by atomic mass is 35.5. The molecule has 0 aliphatic rings. The fourth-order valence-corrected chi connectivity index (χ4v) is 1.39. The van der Waals surface area contributed by atoms with Gasteiger partial charge in [0.15, 0.2) is 11.5 Å². The molecular formula is C12H20ClN3O5. The molecule has 1 aromatic carbocycles. The minimum absolute atomic E-state index is 0. The minimum Gasteiger partial charge on any atom is -0.504 e. The van der Waals surface area contributed by atoms with Gasteiger partial charge in [-0.05, 0) is 13.0 Å². The van der Waals surface area contributed by atoms with Crippen molar-refractivity contribution >= 4 is 18.3 Å². The van der Waals surface area contributed by atoms with Crippen molar-refractivity contribution < 1.29 is 24.9 Å². The zero-order valence-electron chi connectivity index (χ0n) is 11.5. The number of amides is 1. The molecule has 0 saturated heterocycles. The van der Waals surface area contributed by atoms with Crippen LogP contribution in [0.3, 0.4) is 0 Å². The van der Waals surface area contributed by atoms with Crippen molar-refractivity contribution in [3.8, 4) is 17.2 Å². The molecular weight excluding hydrogens is 302 g/mol. The zero-order valence-corrected chi connectivity index (χ0v) is 12.3. The number of halogens is 1. The number of phenols is 3. The number of benzene rings is 1. The molecule has 0 spiro atoms. The lowest BCUT2D eigenvalue weighted by Gasteiger charge is -2.13. The Morgan fingerprint density at radius 2 is 2.00 bits per heavy atom. The van der Waals surface area contributed by atoms with Crippen LogP contribution in [0.4, 0.5) is 0 Å². The van der Waals surface area contributed by atoms with Gasteiger partial charge < -0.3 is 25.8 Å². The van der Waals surface area contributed by atoms with Crippen LogP contribution in [0.1, 0.15) is 12.5 Å². The van der Waals surface area contributed by atoms with Gasteiger partial charge in [-0.15, -0.1) is 12.4 Å².